The summed E-state index contributed by atoms with van der Waals surface area (Å²) < 4.78 is 0. The molecule has 0 saturated carbocycles. The van der Waals surface area contributed by atoms with Crippen molar-refractivity contribution in [2.45, 2.75) is 38.6 Å². The first-order valence-electron chi connectivity index (χ1n) is 12.4. The van der Waals surface area contributed by atoms with Gasteiger partial charge < -0.3 is 0 Å². The third-order valence-corrected chi connectivity index (χ3v) is 6.57. The fraction of sp³-hybridized carbons (Fsp3) is 0.188. The summed E-state index contributed by atoms with van der Waals surface area (Å²) in [5.74, 6) is 0. The van der Waals surface area contributed by atoms with Gasteiger partial charge in [-0.25, -0.2) is 0 Å². The highest BCUT2D eigenvalue weighted by atomic mass is 15.5. The second-order valence-corrected chi connectivity index (χ2v) is 8.98. The van der Waals surface area contributed by atoms with Crippen LogP contribution < -0.4 is 10.4 Å². The van der Waals surface area contributed by atoms with Crippen LogP contribution >= 0.6 is 0 Å². The average Bonchev–Trinajstić information content (AvgIpc) is 3.36. The molecule has 0 radical (unpaired) electrons. The smallest absolute Gasteiger partial charge is 0.0958 e. The molecular formula is C32H32N2. The van der Waals surface area contributed by atoms with Crippen LogP contribution in [0.3, 0.4) is 0 Å². The van der Waals surface area contributed by atoms with Gasteiger partial charge in [0.05, 0.1) is 17.4 Å². The van der Waals surface area contributed by atoms with Gasteiger partial charge in [0.25, 0.3) is 0 Å². The summed E-state index contributed by atoms with van der Waals surface area (Å²) in [6.07, 6.45) is 7.33. The maximum absolute atomic E-state index is 3.68. The number of hydrogen-bond acceptors (Lipinski definition) is 2. The van der Waals surface area contributed by atoms with Crippen LogP contribution in [0.25, 0.3) is 16.8 Å². The number of para-hydroxylation sites is 1. The molecule has 2 nitrogen and oxygen atoms in total. The van der Waals surface area contributed by atoms with Crippen molar-refractivity contribution in [2.75, 3.05) is 5.01 Å². The summed E-state index contributed by atoms with van der Waals surface area (Å²) >= 11 is 0. The molecule has 0 fully saturated rings. The molecule has 0 saturated heterocycles. The molecule has 2 heteroatoms. The summed E-state index contributed by atoms with van der Waals surface area (Å²) in [4.78, 5) is 0. The largest absolute Gasteiger partial charge is 0.297 e. The van der Waals surface area contributed by atoms with Gasteiger partial charge in [-0.15, -0.1) is 0 Å². The summed E-state index contributed by atoms with van der Waals surface area (Å²) in [6, 6.07) is 39.3. The maximum atomic E-state index is 3.68. The minimum Gasteiger partial charge on any atom is -0.297 e. The minimum atomic E-state index is 0.135. The normalized spacial score (nSPS) is 15.1. The highest BCUT2D eigenvalue weighted by Gasteiger charge is 2.27. The highest BCUT2D eigenvalue weighted by molar-refractivity contribution is 5.74. The minimum absolute atomic E-state index is 0.135. The van der Waals surface area contributed by atoms with Gasteiger partial charge in [0, 0.05) is 0 Å². The molecule has 34 heavy (non-hydrogen) atoms. The lowest BCUT2D eigenvalue weighted by atomic mass is 9.99. The molecule has 0 bridgehead atoms. The number of unbranched alkanes of at least 4 members (excludes halogenated alkanes) is 2. The first kappa shape index (κ1) is 22.0. The average molecular weight is 445 g/mol. The van der Waals surface area contributed by atoms with E-state index in [4.69, 9.17) is 0 Å². The van der Waals surface area contributed by atoms with Crippen molar-refractivity contribution in [1.82, 2.24) is 5.43 Å². The number of anilines is 1. The molecule has 1 unspecified atom stereocenters. The van der Waals surface area contributed by atoms with Gasteiger partial charge in [-0.1, -0.05) is 117 Å². The molecule has 4 aromatic carbocycles. The van der Waals surface area contributed by atoms with Gasteiger partial charge in [0.1, 0.15) is 0 Å². The molecule has 0 spiro atoms. The zero-order valence-corrected chi connectivity index (χ0v) is 19.8. The van der Waals surface area contributed by atoms with Crippen molar-refractivity contribution in [3.63, 3.8) is 0 Å². The van der Waals surface area contributed by atoms with Gasteiger partial charge in [0.2, 0.25) is 0 Å². The van der Waals surface area contributed by atoms with Crippen LogP contribution in [0, 0.1) is 0 Å². The van der Waals surface area contributed by atoms with E-state index in [1.54, 1.807) is 0 Å². The summed E-state index contributed by atoms with van der Waals surface area (Å²) in [7, 11) is 0. The zero-order valence-electron chi connectivity index (χ0n) is 19.8. The Morgan fingerprint density at radius 3 is 1.94 bits per heavy atom. The van der Waals surface area contributed by atoms with Crippen LogP contribution in [0.15, 0.2) is 115 Å². The van der Waals surface area contributed by atoms with Crippen LogP contribution in [0.1, 0.15) is 48.9 Å². The number of rotatable bonds is 8. The Bertz CT molecular complexity index is 1210. The SMILES string of the molecule is CCCCCc1ccc(C2C=C(c3ccc(-c4ccccc4)cc3)NN2c2ccccc2)cc1. The summed E-state index contributed by atoms with van der Waals surface area (Å²) in [5.41, 5.74) is 12.4. The molecule has 1 atom stereocenters. The number of nitrogens with zero attached hydrogens (tertiary/aromatic N) is 1. The van der Waals surface area contributed by atoms with Crippen LogP contribution in [-0.4, -0.2) is 0 Å². The van der Waals surface area contributed by atoms with E-state index in [1.165, 1.54) is 47.1 Å². The fourth-order valence-electron chi connectivity index (χ4n) is 4.62. The van der Waals surface area contributed by atoms with E-state index in [0.29, 0.717) is 0 Å². The molecule has 0 aliphatic carbocycles. The van der Waals surface area contributed by atoms with E-state index in [2.05, 4.69) is 133 Å². The number of hydrazine groups is 1. The standard InChI is InChI=1S/C32H32N2/c1-2-3-6-11-25-16-18-29(19-17-25)32-24-31(33-34(32)30-14-9-5-10-15-30)28-22-20-27(21-23-28)26-12-7-4-8-13-26/h4-5,7-10,12-24,32-33H,2-3,6,11H2,1H3. The van der Waals surface area contributed by atoms with Gasteiger partial charge in [-0.3, -0.25) is 10.4 Å². The third-order valence-electron chi connectivity index (χ3n) is 6.57. The van der Waals surface area contributed by atoms with Crippen molar-refractivity contribution in [3.05, 3.63) is 132 Å². The first-order valence-corrected chi connectivity index (χ1v) is 12.4. The first-order chi connectivity index (χ1) is 16.8. The number of nitrogens with one attached hydrogen (secondary N) is 1. The second kappa shape index (κ2) is 10.4. The van der Waals surface area contributed by atoms with Crippen LogP contribution in [-0.2, 0) is 6.42 Å². The van der Waals surface area contributed by atoms with E-state index in [-0.39, 0.29) is 6.04 Å². The van der Waals surface area contributed by atoms with Crippen molar-refractivity contribution < 1.29 is 0 Å². The van der Waals surface area contributed by atoms with Crippen LogP contribution in [0.2, 0.25) is 0 Å². The second-order valence-electron chi connectivity index (χ2n) is 8.98. The van der Waals surface area contributed by atoms with Gasteiger partial charge >= 0.3 is 0 Å². The Balaban J connectivity index is 1.42. The highest BCUT2D eigenvalue weighted by Crippen LogP contribution is 2.35. The number of benzene rings is 4. The van der Waals surface area contributed by atoms with Gasteiger partial charge in [0.15, 0.2) is 0 Å². The molecule has 170 valence electrons. The lowest BCUT2D eigenvalue weighted by Crippen LogP contribution is -2.33. The van der Waals surface area contributed by atoms with Crippen LogP contribution in [0.5, 0.6) is 0 Å². The Morgan fingerprint density at radius 2 is 1.26 bits per heavy atom. The van der Waals surface area contributed by atoms with E-state index >= 15 is 0 Å². The Morgan fingerprint density at radius 1 is 0.647 bits per heavy atom. The van der Waals surface area contributed by atoms with E-state index in [9.17, 15) is 0 Å². The number of aryl methyl sites for hydroxylation is 1. The van der Waals surface area contributed by atoms with Crippen molar-refractivity contribution in [3.8, 4) is 11.1 Å². The lowest BCUT2D eigenvalue weighted by molar-refractivity contribution is 0.713. The zero-order chi connectivity index (χ0) is 23.2. The van der Waals surface area contributed by atoms with E-state index in [1.807, 2.05) is 0 Å². The lowest BCUT2D eigenvalue weighted by Gasteiger charge is -2.27. The Kier molecular flexibility index (Phi) is 6.76. The van der Waals surface area contributed by atoms with E-state index in [0.717, 1.165) is 17.8 Å². The van der Waals surface area contributed by atoms with Gasteiger partial charge in [-0.2, -0.15) is 0 Å². The molecule has 0 aromatic heterocycles. The van der Waals surface area contributed by atoms with E-state index < -0.39 is 0 Å². The molecule has 1 aliphatic heterocycles. The molecular weight excluding hydrogens is 412 g/mol. The van der Waals surface area contributed by atoms with Crippen molar-refractivity contribution >= 4 is 11.4 Å². The Labute approximate surface area is 203 Å². The molecule has 4 aromatic rings. The topological polar surface area (TPSA) is 15.3 Å². The van der Waals surface area contributed by atoms with Crippen LogP contribution in [0.4, 0.5) is 5.69 Å². The summed E-state index contributed by atoms with van der Waals surface area (Å²) in [5, 5.41) is 2.27. The number of hydrogen-bond donors (Lipinski definition) is 1. The monoisotopic (exact) mass is 444 g/mol. The molecule has 5 rings (SSSR count). The van der Waals surface area contributed by atoms with Gasteiger partial charge in [-0.05, 0) is 58.9 Å². The summed E-state index contributed by atoms with van der Waals surface area (Å²) in [6.45, 7) is 2.26. The van der Waals surface area contributed by atoms with Crippen molar-refractivity contribution in [1.29, 1.82) is 0 Å². The quantitative estimate of drug-likeness (QED) is 0.276. The maximum Gasteiger partial charge on any atom is 0.0958 e. The molecule has 1 N–H and O–H groups in total. The van der Waals surface area contributed by atoms with Crippen molar-refractivity contribution in [2.24, 2.45) is 0 Å². The molecule has 0 amide bonds. The Hall–Kier alpha value is -3.78. The predicted octanol–water partition coefficient (Wildman–Crippen LogP) is 8.19. The molecule has 1 heterocycles. The predicted molar refractivity (Wildman–Crippen MR) is 144 cm³/mol. The third kappa shape index (κ3) is 4.92. The fourth-order valence-corrected chi connectivity index (χ4v) is 4.62. The molecule has 1 aliphatic rings.